The number of hydrogen-bond donors (Lipinski definition) is 4. The number of methoxy groups -OCH3 is 3. The standard InChI is InChI=1S/C45H54N8O9/c1-22-15-35(52(20-22)42(54)37(24(3)59-6)50-44(56)61-8)40-46-19-33(48-40)27-10-12-29-28(16-27)21-62-36-18-30-26(17-31(29)36)11-13-32-38(30)49-41(47-32)34-14-9-23(2)53(34)43(55)39(25(4)60-7)51(5)45(57)58/h10-13,16-19,22-25,34-35,37,39H,9,14-15,20-21H2,1-8H3,(H,46,48)(H,47,49)(H,50,56)(H,57,58)/t22?,23-,24?,25+,34-,35-,37-,39-/m0/s1. The predicted molar refractivity (Wildman–Crippen MR) is 229 cm³/mol. The zero-order chi connectivity index (χ0) is 44.1. The first-order valence-corrected chi connectivity index (χ1v) is 21.0. The van der Waals surface area contributed by atoms with Crippen LogP contribution in [-0.4, -0.2) is 129 Å². The quantitative estimate of drug-likeness (QED) is 0.115. The van der Waals surface area contributed by atoms with Crippen molar-refractivity contribution in [3.8, 4) is 28.1 Å². The lowest BCUT2D eigenvalue weighted by molar-refractivity contribution is -0.143. The van der Waals surface area contributed by atoms with Gasteiger partial charge in [0.05, 0.1) is 54.3 Å². The molecule has 8 atom stereocenters. The van der Waals surface area contributed by atoms with E-state index in [0.717, 1.165) is 66.8 Å². The van der Waals surface area contributed by atoms with E-state index in [9.17, 15) is 24.3 Å². The van der Waals surface area contributed by atoms with Crippen molar-refractivity contribution in [2.45, 2.75) is 96.0 Å². The summed E-state index contributed by atoms with van der Waals surface area (Å²) in [6.07, 6.45) is 0.767. The first-order valence-electron chi connectivity index (χ1n) is 21.0. The number of ether oxygens (including phenoxy) is 4. The van der Waals surface area contributed by atoms with Crippen molar-refractivity contribution < 1.29 is 43.2 Å². The van der Waals surface area contributed by atoms with Crippen LogP contribution in [0.2, 0.25) is 0 Å². The molecule has 3 aliphatic rings. The number of nitrogens with one attached hydrogen (secondary N) is 3. The molecule has 4 N–H and O–H groups in total. The Labute approximate surface area is 359 Å². The minimum absolute atomic E-state index is 0.124. The van der Waals surface area contributed by atoms with E-state index in [1.165, 1.54) is 28.4 Å². The molecule has 62 heavy (non-hydrogen) atoms. The number of carbonyl (C=O) groups is 4. The Morgan fingerprint density at radius 3 is 2.44 bits per heavy atom. The van der Waals surface area contributed by atoms with Gasteiger partial charge in [0.25, 0.3) is 0 Å². The van der Waals surface area contributed by atoms with Gasteiger partial charge in [-0.15, -0.1) is 0 Å². The molecule has 3 aliphatic heterocycles. The lowest BCUT2D eigenvalue weighted by Gasteiger charge is -2.36. The van der Waals surface area contributed by atoms with E-state index >= 15 is 0 Å². The maximum absolute atomic E-state index is 14.1. The van der Waals surface area contributed by atoms with Crippen LogP contribution in [0.1, 0.15) is 76.3 Å². The SMILES string of the molecule is COC(=O)N[C@H](C(=O)N1CC(C)C[C@H]1c1ncc(-c2ccc3c(c2)COc2cc4c(ccc5nc([C@@H]6CC[C@H](C)N6C(=O)[C@H]([C@@H](C)OC)N(C)C(=O)O)[nH]c54)cc2-3)[nH]1)C(C)OC. The van der Waals surface area contributed by atoms with Gasteiger partial charge in [0.15, 0.2) is 0 Å². The van der Waals surface area contributed by atoms with E-state index in [1.54, 1.807) is 29.8 Å². The van der Waals surface area contributed by atoms with E-state index < -0.39 is 36.5 Å². The van der Waals surface area contributed by atoms with Crippen LogP contribution in [0.5, 0.6) is 5.75 Å². The first-order chi connectivity index (χ1) is 29.7. The largest absolute Gasteiger partial charge is 0.488 e. The Morgan fingerprint density at radius 2 is 1.71 bits per heavy atom. The van der Waals surface area contributed by atoms with Crippen molar-refractivity contribution in [1.82, 2.24) is 40.0 Å². The number of likely N-dealkylation sites (N-methyl/N-ethyl adjacent to an activating group) is 1. The molecule has 0 bridgehead atoms. The summed E-state index contributed by atoms with van der Waals surface area (Å²) in [6, 6.07) is 11.7. The number of hydrogen-bond acceptors (Lipinski definition) is 10. The molecule has 8 rings (SSSR count). The summed E-state index contributed by atoms with van der Waals surface area (Å²) in [5, 5.41) is 14.4. The summed E-state index contributed by atoms with van der Waals surface area (Å²) in [4.78, 5) is 73.4. The van der Waals surface area contributed by atoms with Gasteiger partial charge >= 0.3 is 12.2 Å². The zero-order valence-corrected chi connectivity index (χ0v) is 36.2. The number of rotatable bonds is 11. The zero-order valence-electron chi connectivity index (χ0n) is 36.2. The van der Waals surface area contributed by atoms with Crippen molar-refractivity contribution >= 4 is 45.8 Å². The number of benzene rings is 3. The first kappa shape index (κ1) is 42.5. The van der Waals surface area contributed by atoms with Crippen LogP contribution in [0.15, 0.2) is 48.7 Å². The Kier molecular flexibility index (Phi) is 11.6. The van der Waals surface area contributed by atoms with E-state index in [1.807, 2.05) is 25.1 Å². The van der Waals surface area contributed by atoms with Crippen molar-refractivity contribution in [3.63, 3.8) is 0 Å². The van der Waals surface area contributed by atoms with Crippen molar-refractivity contribution in [2.75, 3.05) is 34.9 Å². The van der Waals surface area contributed by atoms with Gasteiger partial charge in [0, 0.05) is 44.8 Å². The molecule has 0 saturated carbocycles. The van der Waals surface area contributed by atoms with Gasteiger partial charge in [-0.2, -0.15) is 0 Å². The average molecular weight is 851 g/mol. The van der Waals surface area contributed by atoms with Crippen molar-refractivity contribution in [1.29, 1.82) is 0 Å². The highest BCUT2D eigenvalue weighted by molar-refractivity contribution is 6.07. The molecule has 17 heteroatoms. The number of carboxylic acid groups (broad SMARTS) is 1. The van der Waals surface area contributed by atoms with Gasteiger partial charge < -0.3 is 49.1 Å². The molecule has 2 aromatic heterocycles. The van der Waals surface area contributed by atoms with E-state index in [2.05, 4.69) is 46.5 Å². The van der Waals surface area contributed by atoms with Crippen LogP contribution in [0.3, 0.4) is 0 Å². The Bertz CT molecular complexity index is 2540. The van der Waals surface area contributed by atoms with Crippen molar-refractivity contribution in [2.24, 2.45) is 5.92 Å². The van der Waals surface area contributed by atoms with Gasteiger partial charge in [-0.05, 0) is 92.3 Å². The number of carbonyl (C=O) groups excluding carboxylic acids is 3. The van der Waals surface area contributed by atoms with Crippen LogP contribution in [0.4, 0.5) is 9.59 Å². The van der Waals surface area contributed by atoms with Gasteiger partial charge in [-0.25, -0.2) is 19.6 Å². The lowest BCUT2D eigenvalue weighted by Crippen LogP contribution is -2.55. The van der Waals surface area contributed by atoms with Crippen molar-refractivity contribution in [3.05, 3.63) is 65.9 Å². The fourth-order valence-corrected chi connectivity index (χ4v) is 9.43. The van der Waals surface area contributed by atoms with Crippen LogP contribution >= 0.6 is 0 Å². The second-order valence-corrected chi connectivity index (χ2v) is 16.9. The Hall–Kier alpha value is -6.20. The molecule has 0 spiro atoms. The molecule has 2 saturated heterocycles. The second kappa shape index (κ2) is 16.9. The number of aromatic nitrogens is 4. The summed E-state index contributed by atoms with van der Waals surface area (Å²) < 4.78 is 22.1. The fourth-order valence-electron chi connectivity index (χ4n) is 9.43. The third kappa shape index (κ3) is 7.57. The summed E-state index contributed by atoms with van der Waals surface area (Å²) >= 11 is 0. The summed E-state index contributed by atoms with van der Waals surface area (Å²) in [6.45, 7) is 8.36. The van der Waals surface area contributed by atoms with E-state index in [4.69, 9.17) is 28.9 Å². The van der Waals surface area contributed by atoms with Gasteiger partial charge in [-0.1, -0.05) is 25.1 Å². The van der Waals surface area contributed by atoms with E-state index in [0.29, 0.717) is 37.6 Å². The summed E-state index contributed by atoms with van der Waals surface area (Å²) in [5.74, 6) is 1.68. The molecule has 2 unspecified atom stereocenters. The van der Waals surface area contributed by atoms with Gasteiger partial charge in [0.1, 0.15) is 36.1 Å². The molecule has 3 aromatic carbocycles. The minimum atomic E-state index is -1.20. The molecule has 2 fully saturated rings. The topological polar surface area (TPSA) is 205 Å². The molecule has 328 valence electrons. The number of aromatic amines is 2. The number of nitrogens with zero attached hydrogens (tertiary/aromatic N) is 5. The molecule has 0 aliphatic carbocycles. The fraction of sp³-hybridized carbons (Fsp3) is 0.467. The van der Waals surface area contributed by atoms with Gasteiger partial charge in [-0.3, -0.25) is 14.5 Å². The maximum Gasteiger partial charge on any atom is 0.407 e. The molecule has 4 amide bonds. The lowest BCUT2D eigenvalue weighted by atomic mass is 9.92. The van der Waals surface area contributed by atoms with Crippen LogP contribution in [-0.2, 0) is 30.4 Å². The minimum Gasteiger partial charge on any atom is -0.488 e. The monoisotopic (exact) mass is 850 g/mol. The Balaban J connectivity index is 1.05. The number of fused-ring (bicyclic) bond motifs is 6. The second-order valence-electron chi connectivity index (χ2n) is 16.9. The average Bonchev–Trinajstić information content (AvgIpc) is 4.09. The van der Waals surface area contributed by atoms with Crippen LogP contribution in [0, 0.1) is 5.92 Å². The molecule has 0 radical (unpaired) electrons. The maximum atomic E-state index is 14.1. The van der Waals surface area contributed by atoms with Crippen LogP contribution < -0.4 is 10.1 Å². The summed E-state index contributed by atoms with van der Waals surface area (Å²) in [7, 11) is 5.62. The number of likely N-dealkylation sites (tertiary alicyclic amines) is 2. The normalized spacial score (nSPS) is 21.5. The highest BCUT2D eigenvalue weighted by Crippen LogP contribution is 2.44. The molecular weight excluding hydrogens is 797 g/mol. The third-order valence-corrected chi connectivity index (χ3v) is 13.0. The highest BCUT2D eigenvalue weighted by atomic mass is 16.5. The number of H-pyrrole nitrogens is 2. The summed E-state index contributed by atoms with van der Waals surface area (Å²) in [5.41, 5.74) is 6.35. The molecule has 17 nitrogen and oxygen atoms in total. The highest BCUT2D eigenvalue weighted by Gasteiger charge is 2.44. The predicted octanol–water partition coefficient (Wildman–Crippen LogP) is 6.40. The number of imidazole rings is 2. The van der Waals surface area contributed by atoms with Gasteiger partial charge in [0.2, 0.25) is 11.8 Å². The smallest absolute Gasteiger partial charge is 0.407 e. The van der Waals surface area contributed by atoms with E-state index in [-0.39, 0.29) is 35.9 Å². The molecule has 5 aromatic rings. The number of amides is 4. The number of alkyl carbamates (subject to hydrolysis) is 1. The molecular formula is C45H54N8O9. The Morgan fingerprint density at radius 1 is 0.935 bits per heavy atom. The third-order valence-electron chi connectivity index (χ3n) is 13.0. The van der Waals surface area contributed by atoms with Crippen LogP contribution in [0.25, 0.3) is 44.2 Å². The molecule has 5 heterocycles.